The minimum absolute atomic E-state index is 0.0840. The molecule has 0 bridgehead atoms. The van der Waals surface area contributed by atoms with Gasteiger partial charge in [0.15, 0.2) is 0 Å². The first-order chi connectivity index (χ1) is 18.7. The molecule has 1 amide bonds. The molecule has 0 spiro atoms. The average Bonchev–Trinajstić information content (AvgIpc) is 3.52. The molecule has 1 aliphatic heterocycles. The molecule has 6 rings (SSSR count). The average molecular weight is 556 g/mol. The number of para-hydroxylation sites is 1. The minimum atomic E-state index is 0.0840. The number of nitrogens with one attached hydrogen (secondary N) is 1. The fourth-order valence-electron chi connectivity index (χ4n) is 4.86. The molecule has 1 N–H and O–H groups in total. The van der Waals surface area contributed by atoms with Crippen molar-refractivity contribution in [3.63, 3.8) is 0 Å². The molecule has 2 aromatic heterocycles. The Labute approximate surface area is 235 Å². The normalized spacial score (nSPS) is 13.5. The van der Waals surface area contributed by atoms with Crippen LogP contribution < -0.4 is 5.32 Å². The summed E-state index contributed by atoms with van der Waals surface area (Å²) in [6.45, 7) is 2.84. The van der Waals surface area contributed by atoms with Crippen LogP contribution in [0.1, 0.15) is 28.8 Å². The van der Waals surface area contributed by atoms with E-state index in [0.29, 0.717) is 6.42 Å². The molecule has 38 heavy (non-hydrogen) atoms. The molecule has 0 atom stereocenters. The van der Waals surface area contributed by atoms with Gasteiger partial charge in [0.25, 0.3) is 0 Å². The molecule has 192 valence electrons. The van der Waals surface area contributed by atoms with Crippen molar-refractivity contribution in [3.8, 4) is 10.6 Å². The minimum Gasteiger partial charge on any atom is -0.317 e. The fraction of sp³-hybridized carbons (Fsp3) is 0.226. The lowest BCUT2D eigenvalue weighted by Crippen LogP contribution is -2.29. The number of fused-ring (bicyclic) bond motifs is 2. The number of anilines is 1. The summed E-state index contributed by atoms with van der Waals surface area (Å²) in [6, 6.07) is 29.3. The molecule has 4 nitrogen and oxygen atoms in total. The van der Waals surface area contributed by atoms with E-state index >= 15 is 0 Å². The summed E-state index contributed by atoms with van der Waals surface area (Å²) < 4.78 is 1.18. The maximum absolute atomic E-state index is 13.1. The summed E-state index contributed by atoms with van der Waals surface area (Å²) in [5, 5.41) is 5.26. The van der Waals surface area contributed by atoms with Crippen molar-refractivity contribution in [1.82, 2.24) is 9.88 Å². The van der Waals surface area contributed by atoms with E-state index in [-0.39, 0.29) is 5.91 Å². The van der Waals surface area contributed by atoms with Crippen LogP contribution in [0.5, 0.6) is 0 Å². The van der Waals surface area contributed by atoms with Crippen LogP contribution in [0.4, 0.5) is 5.00 Å². The zero-order valence-corrected chi connectivity index (χ0v) is 23.5. The van der Waals surface area contributed by atoms with Crippen molar-refractivity contribution in [3.05, 3.63) is 101 Å². The number of benzene rings is 3. The quantitative estimate of drug-likeness (QED) is 0.147. The van der Waals surface area contributed by atoms with Crippen LogP contribution in [0.2, 0.25) is 0 Å². The second kappa shape index (κ2) is 11.8. The predicted molar refractivity (Wildman–Crippen MR) is 162 cm³/mol. The molecule has 0 fully saturated rings. The molecule has 3 aromatic carbocycles. The molecule has 0 aliphatic carbocycles. The summed E-state index contributed by atoms with van der Waals surface area (Å²) >= 11 is 5.25. The monoisotopic (exact) mass is 555 g/mol. The van der Waals surface area contributed by atoms with Crippen LogP contribution in [0.25, 0.3) is 20.8 Å². The first kappa shape index (κ1) is 25.3. The third-order valence-electron chi connectivity index (χ3n) is 6.71. The van der Waals surface area contributed by atoms with Gasteiger partial charge in [0, 0.05) is 41.4 Å². The van der Waals surface area contributed by atoms with Gasteiger partial charge in [0.05, 0.1) is 10.2 Å². The Morgan fingerprint density at radius 1 is 0.947 bits per heavy atom. The molecule has 0 saturated carbocycles. The Morgan fingerprint density at radius 3 is 2.53 bits per heavy atom. The lowest BCUT2D eigenvalue weighted by atomic mass is 10.0. The Morgan fingerprint density at radius 2 is 1.71 bits per heavy atom. The Bertz CT molecular complexity index is 1500. The van der Waals surface area contributed by atoms with Crippen LogP contribution in [-0.2, 0) is 24.3 Å². The fourth-order valence-corrected chi connectivity index (χ4v) is 8.15. The largest absolute Gasteiger partial charge is 0.317 e. The number of thiophene rings is 1. The number of amides is 1. The maximum Gasteiger partial charge on any atom is 0.225 e. The number of hydrogen-bond donors (Lipinski definition) is 1. The summed E-state index contributed by atoms with van der Waals surface area (Å²) in [4.78, 5) is 23.1. The molecule has 3 heterocycles. The number of carbonyl (C=O) groups excluding carboxylic acids is 1. The van der Waals surface area contributed by atoms with E-state index in [1.807, 2.05) is 12.1 Å². The lowest BCUT2D eigenvalue weighted by Gasteiger charge is -2.27. The third kappa shape index (κ3) is 5.86. The Balaban J connectivity index is 1.21. The molecule has 5 aromatic rings. The highest BCUT2D eigenvalue weighted by molar-refractivity contribution is 7.99. The number of aromatic nitrogens is 1. The summed E-state index contributed by atoms with van der Waals surface area (Å²) in [7, 11) is 0. The van der Waals surface area contributed by atoms with E-state index in [9.17, 15) is 4.79 Å². The van der Waals surface area contributed by atoms with Crippen molar-refractivity contribution < 1.29 is 4.79 Å². The van der Waals surface area contributed by atoms with E-state index in [0.717, 1.165) is 59.3 Å². The molecular weight excluding hydrogens is 527 g/mol. The second-order valence-electron chi connectivity index (χ2n) is 9.45. The zero-order chi connectivity index (χ0) is 25.7. The van der Waals surface area contributed by atoms with Gasteiger partial charge in [0.1, 0.15) is 10.0 Å². The summed E-state index contributed by atoms with van der Waals surface area (Å²) in [5.74, 6) is 1.01. The number of nitrogens with zero attached hydrogens (tertiary/aromatic N) is 2. The second-order valence-corrected chi connectivity index (χ2v) is 12.8. The number of rotatable bonds is 9. The standard InChI is InChI=1S/C31H29N3OS3/c35-28(16-9-19-36-23-12-5-2-6-13-23)33-31-29(30-32-25-14-7-8-15-26(25)37-30)24-17-18-34(21-27(24)38-31)20-22-10-3-1-4-11-22/h1-8,10-15H,9,16-21H2,(H,33,35). The van der Waals surface area contributed by atoms with E-state index in [1.165, 1.54) is 25.6 Å². The number of thiazole rings is 1. The SMILES string of the molecule is O=C(CCCSc1ccccc1)Nc1sc2c(c1-c1nc3ccccc3s1)CCN(Cc1ccccc1)C2. The molecular formula is C31H29N3OS3. The van der Waals surface area contributed by atoms with Gasteiger partial charge in [-0.3, -0.25) is 9.69 Å². The van der Waals surface area contributed by atoms with Gasteiger partial charge in [-0.2, -0.15) is 0 Å². The summed E-state index contributed by atoms with van der Waals surface area (Å²) in [5.41, 5.74) is 4.84. The topological polar surface area (TPSA) is 45.2 Å². The number of hydrogen-bond acceptors (Lipinski definition) is 6. The van der Waals surface area contributed by atoms with Gasteiger partial charge in [-0.05, 0) is 54.0 Å². The smallest absolute Gasteiger partial charge is 0.225 e. The van der Waals surface area contributed by atoms with Crippen LogP contribution in [0.3, 0.4) is 0 Å². The zero-order valence-electron chi connectivity index (χ0n) is 21.1. The van der Waals surface area contributed by atoms with Gasteiger partial charge < -0.3 is 5.32 Å². The highest BCUT2D eigenvalue weighted by atomic mass is 32.2. The molecule has 1 aliphatic rings. The Hall–Kier alpha value is -2.97. The predicted octanol–water partition coefficient (Wildman–Crippen LogP) is 8.09. The first-order valence-corrected chi connectivity index (χ1v) is 15.6. The maximum atomic E-state index is 13.1. The van der Waals surface area contributed by atoms with Gasteiger partial charge in [-0.25, -0.2) is 4.98 Å². The van der Waals surface area contributed by atoms with E-state index in [4.69, 9.17) is 4.98 Å². The molecule has 0 saturated heterocycles. The van der Waals surface area contributed by atoms with Crippen LogP contribution in [-0.4, -0.2) is 28.1 Å². The van der Waals surface area contributed by atoms with Crippen LogP contribution >= 0.6 is 34.4 Å². The van der Waals surface area contributed by atoms with Crippen LogP contribution in [0, 0.1) is 0 Å². The van der Waals surface area contributed by atoms with E-state index in [1.54, 1.807) is 34.4 Å². The van der Waals surface area contributed by atoms with Gasteiger partial charge in [-0.1, -0.05) is 60.7 Å². The highest BCUT2D eigenvalue weighted by Crippen LogP contribution is 2.46. The molecule has 7 heteroatoms. The lowest BCUT2D eigenvalue weighted by molar-refractivity contribution is -0.116. The number of carbonyl (C=O) groups is 1. The van der Waals surface area contributed by atoms with E-state index in [2.05, 4.69) is 83.0 Å². The van der Waals surface area contributed by atoms with Gasteiger partial charge in [-0.15, -0.1) is 34.4 Å². The van der Waals surface area contributed by atoms with Gasteiger partial charge >= 0.3 is 0 Å². The third-order valence-corrected chi connectivity index (χ3v) is 9.99. The Kier molecular flexibility index (Phi) is 7.88. The summed E-state index contributed by atoms with van der Waals surface area (Å²) in [6.07, 6.45) is 2.33. The van der Waals surface area contributed by atoms with Crippen molar-refractivity contribution in [2.24, 2.45) is 0 Å². The molecule has 0 radical (unpaired) electrons. The van der Waals surface area contributed by atoms with Crippen molar-refractivity contribution in [2.75, 3.05) is 17.6 Å². The van der Waals surface area contributed by atoms with Crippen LogP contribution in [0.15, 0.2) is 89.8 Å². The van der Waals surface area contributed by atoms with Crippen molar-refractivity contribution in [2.45, 2.75) is 37.2 Å². The van der Waals surface area contributed by atoms with Crippen molar-refractivity contribution >= 4 is 55.6 Å². The van der Waals surface area contributed by atoms with Crippen molar-refractivity contribution in [1.29, 1.82) is 0 Å². The molecule has 0 unspecified atom stereocenters. The van der Waals surface area contributed by atoms with Gasteiger partial charge in [0.2, 0.25) is 5.91 Å². The highest BCUT2D eigenvalue weighted by Gasteiger charge is 2.27. The first-order valence-electron chi connectivity index (χ1n) is 13.0. The number of thioether (sulfide) groups is 1. The van der Waals surface area contributed by atoms with E-state index < -0.39 is 0 Å².